The van der Waals surface area contributed by atoms with Crippen molar-refractivity contribution in [1.29, 1.82) is 0 Å². The fourth-order valence-corrected chi connectivity index (χ4v) is 2.60. The van der Waals surface area contributed by atoms with Crippen LogP contribution in [0, 0.1) is 0 Å². The molecule has 1 aliphatic rings. The third-order valence-corrected chi connectivity index (χ3v) is 3.65. The molecular formula is C15H24N2O. The van der Waals surface area contributed by atoms with Gasteiger partial charge in [-0.1, -0.05) is 19.1 Å². The first-order valence-electron chi connectivity index (χ1n) is 6.95. The summed E-state index contributed by atoms with van der Waals surface area (Å²) in [6.07, 6.45) is 3.12. The SMILES string of the molecule is CCC(CO)NC(C)Cc1ccc2c(c1)CCN2. The number of aliphatic hydroxyl groups is 1. The largest absolute Gasteiger partial charge is 0.395 e. The van der Waals surface area contributed by atoms with Crippen LogP contribution in [-0.2, 0) is 12.8 Å². The Morgan fingerprint density at radius 2 is 2.28 bits per heavy atom. The fourth-order valence-electron chi connectivity index (χ4n) is 2.60. The summed E-state index contributed by atoms with van der Waals surface area (Å²) in [4.78, 5) is 0. The van der Waals surface area contributed by atoms with Crippen LogP contribution in [0.3, 0.4) is 0 Å². The van der Waals surface area contributed by atoms with Crippen LogP contribution in [-0.4, -0.2) is 30.3 Å². The fraction of sp³-hybridized carbons (Fsp3) is 0.600. The molecule has 0 saturated heterocycles. The maximum absolute atomic E-state index is 9.20. The standard InChI is InChI=1S/C15H24N2O/c1-3-14(10-18)17-11(2)8-12-4-5-15-13(9-12)6-7-16-15/h4-5,9,11,14,16-18H,3,6-8,10H2,1-2H3. The number of anilines is 1. The van der Waals surface area contributed by atoms with E-state index in [1.165, 1.54) is 16.8 Å². The molecule has 0 aromatic heterocycles. The third-order valence-electron chi connectivity index (χ3n) is 3.65. The molecule has 0 radical (unpaired) electrons. The summed E-state index contributed by atoms with van der Waals surface area (Å²) in [5.41, 5.74) is 4.11. The summed E-state index contributed by atoms with van der Waals surface area (Å²) in [7, 11) is 0. The van der Waals surface area contributed by atoms with Gasteiger partial charge in [0, 0.05) is 24.3 Å². The van der Waals surface area contributed by atoms with Gasteiger partial charge in [0.2, 0.25) is 0 Å². The monoisotopic (exact) mass is 248 g/mol. The van der Waals surface area contributed by atoms with Crippen molar-refractivity contribution in [1.82, 2.24) is 5.32 Å². The number of benzene rings is 1. The first-order valence-corrected chi connectivity index (χ1v) is 6.95. The highest BCUT2D eigenvalue weighted by molar-refractivity contribution is 5.56. The zero-order valence-electron chi connectivity index (χ0n) is 11.4. The van der Waals surface area contributed by atoms with Crippen LogP contribution in [0.4, 0.5) is 5.69 Å². The molecule has 1 aliphatic heterocycles. The molecule has 3 N–H and O–H groups in total. The van der Waals surface area contributed by atoms with E-state index in [1.54, 1.807) is 0 Å². The molecule has 100 valence electrons. The van der Waals surface area contributed by atoms with Gasteiger partial charge in [-0.3, -0.25) is 0 Å². The Morgan fingerprint density at radius 1 is 1.44 bits per heavy atom. The van der Waals surface area contributed by atoms with Gasteiger partial charge >= 0.3 is 0 Å². The van der Waals surface area contributed by atoms with E-state index in [1.807, 2.05) is 0 Å². The molecule has 0 amide bonds. The molecule has 0 bridgehead atoms. The van der Waals surface area contributed by atoms with Gasteiger partial charge in [-0.05, 0) is 43.4 Å². The minimum Gasteiger partial charge on any atom is -0.395 e. The minimum absolute atomic E-state index is 0.217. The zero-order valence-corrected chi connectivity index (χ0v) is 11.4. The number of hydrogen-bond acceptors (Lipinski definition) is 3. The number of nitrogens with one attached hydrogen (secondary N) is 2. The van der Waals surface area contributed by atoms with Gasteiger partial charge in [0.15, 0.2) is 0 Å². The molecule has 18 heavy (non-hydrogen) atoms. The van der Waals surface area contributed by atoms with Crippen molar-refractivity contribution in [3.8, 4) is 0 Å². The zero-order chi connectivity index (χ0) is 13.0. The van der Waals surface area contributed by atoms with Crippen molar-refractivity contribution in [2.24, 2.45) is 0 Å². The van der Waals surface area contributed by atoms with E-state index in [0.717, 1.165) is 25.8 Å². The maximum atomic E-state index is 9.20. The summed E-state index contributed by atoms with van der Waals surface area (Å²) >= 11 is 0. The molecule has 0 aliphatic carbocycles. The Bertz CT molecular complexity index is 388. The molecule has 0 saturated carbocycles. The predicted octanol–water partition coefficient (Wildman–Crippen LogP) is 1.95. The van der Waals surface area contributed by atoms with Crippen LogP contribution < -0.4 is 10.6 Å². The van der Waals surface area contributed by atoms with Crippen LogP contribution in [0.2, 0.25) is 0 Å². The lowest BCUT2D eigenvalue weighted by atomic mass is 10.0. The van der Waals surface area contributed by atoms with Gasteiger partial charge in [-0.15, -0.1) is 0 Å². The number of aliphatic hydroxyl groups excluding tert-OH is 1. The molecule has 0 spiro atoms. The van der Waals surface area contributed by atoms with Gasteiger partial charge in [-0.25, -0.2) is 0 Å². The highest BCUT2D eigenvalue weighted by atomic mass is 16.3. The van der Waals surface area contributed by atoms with Crippen molar-refractivity contribution < 1.29 is 5.11 Å². The molecule has 1 heterocycles. The van der Waals surface area contributed by atoms with Crippen molar-refractivity contribution in [2.75, 3.05) is 18.5 Å². The third kappa shape index (κ3) is 3.24. The molecule has 2 rings (SSSR count). The van der Waals surface area contributed by atoms with E-state index in [-0.39, 0.29) is 12.6 Å². The van der Waals surface area contributed by atoms with Crippen LogP contribution in [0.5, 0.6) is 0 Å². The van der Waals surface area contributed by atoms with Crippen LogP contribution in [0.15, 0.2) is 18.2 Å². The van der Waals surface area contributed by atoms with Gasteiger partial charge in [0.1, 0.15) is 0 Å². The molecule has 3 heteroatoms. The van der Waals surface area contributed by atoms with E-state index < -0.39 is 0 Å². The number of hydrogen-bond donors (Lipinski definition) is 3. The smallest absolute Gasteiger partial charge is 0.0584 e. The second kappa shape index (κ2) is 6.21. The lowest BCUT2D eigenvalue weighted by Crippen LogP contribution is -2.39. The molecular weight excluding hydrogens is 224 g/mol. The average molecular weight is 248 g/mol. The lowest BCUT2D eigenvalue weighted by Gasteiger charge is -2.20. The molecule has 0 fully saturated rings. The average Bonchev–Trinajstić information content (AvgIpc) is 2.83. The molecule has 1 aromatic rings. The minimum atomic E-state index is 0.217. The Kier molecular flexibility index (Phi) is 4.61. The van der Waals surface area contributed by atoms with Crippen molar-refractivity contribution in [3.05, 3.63) is 29.3 Å². The van der Waals surface area contributed by atoms with E-state index in [2.05, 4.69) is 42.7 Å². The lowest BCUT2D eigenvalue weighted by molar-refractivity contribution is 0.229. The molecule has 2 atom stereocenters. The van der Waals surface area contributed by atoms with Gasteiger partial charge in [0.05, 0.1) is 6.61 Å². The van der Waals surface area contributed by atoms with Crippen molar-refractivity contribution >= 4 is 5.69 Å². The predicted molar refractivity (Wildman–Crippen MR) is 76.1 cm³/mol. The summed E-state index contributed by atoms with van der Waals surface area (Å²) in [6, 6.07) is 7.32. The second-order valence-corrected chi connectivity index (χ2v) is 5.23. The Hall–Kier alpha value is -1.06. The Labute approximate surface area is 110 Å². The second-order valence-electron chi connectivity index (χ2n) is 5.23. The first kappa shape index (κ1) is 13.4. The Morgan fingerprint density at radius 3 is 3.00 bits per heavy atom. The number of rotatable bonds is 6. The van der Waals surface area contributed by atoms with E-state index >= 15 is 0 Å². The highest BCUT2D eigenvalue weighted by Crippen LogP contribution is 2.23. The van der Waals surface area contributed by atoms with Gasteiger partial charge in [-0.2, -0.15) is 0 Å². The molecule has 3 nitrogen and oxygen atoms in total. The van der Waals surface area contributed by atoms with Gasteiger partial charge in [0.25, 0.3) is 0 Å². The van der Waals surface area contributed by atoms with Gasteiger partial charge < -0.3 is 15.7 Å². The summed E-state index contributed by atoms with van der Waals surface area (Å²) < 4.78 is 0. The Balaban J connectivity index is 1.92. The maximum Gasteiger partial charge on any atom is 0.0584 e. The highest BCUT2D eigenvalue weighted by Gasteiger charge is 2.13. The summed E-state index contributed by atoms with van der Waals surface area (Å²) in [5.74, 6) is 0. The van der Waals surface area contributed by atoms with E-state index in [0.29, 0.717) is 6.04 Å². The van der Waals surface area contributed by atoms with E-state index in [4.69, 9.17) is 0 Å². The quantitative estimate of drug-likeness (QED) is 0.721. The first-order chi connectivity index (χ1) is 8.72. The van der Waals surface area contributed by atoms with Crippen molar-refractivity contribution in [2.45, 2.75) is 45.2 Å². The topological polar surface area (TPSA) is 44.3 Å². The summed E-state index contributed by atoms with van der Waals surface area (Å²) in [6.45, 7) is 5.56. The van der Waals surface area contributed by atoms with Crippen LogP contribution in [0.1, 0.15) is 31.4 Å². The molecule has 2 unspecified atom stereocenters. The molecule has 1 aromatic carbocycles. The number of fused-ring (bicyclic) bond motifs is 1. The van der Waals surface area contributed by atoms with Crippen molar-refractivity contribution in [3.63, 3.8) is 0 Å². The van der Waals surface area contributed by atoms with E-state index in [9.17, 15) is 5.11 Å². The summed E-state index contributed by atoms with van der Waals surface area (Å²) in [5, 5.41) is 16.0. The normalized spacial score (nSPS) is 17.1. The van der Waals surface area contributed by atoms with Crippen LogP contribution >= 0.6 is 0 Å². The van der Waals surface area contributed by atoms with Crippen LogP contribution in [0.25, 0.3) is 0 Å².